The second-order valence-electron chi connectivity index (χ2n) is 3.73. The zero-order valence-electron chi connectivity index (χ0n) is 9.56. The molecule has 1 rings (SSSR count). The highest BCUT2D eigenvalue weighted by atomic mass is 19.3. The normalized spacial score (nSPS) is 14.5. The average molecular weight is 244 g/mol. The van der Waals surface area contributed by atoms with Crippen molar-refractivity contribution in [2.75, 3.05) is 7.11 Å². The van der Waals surface area contributed by atoms with Crippen molar-refractivity contribution in [2.24, 2.45) is 5.92 Å². The molecule has 0 aromatic heterocycles. The largest absolute Gasteiger partial charge is 0.469 e. The minimum Gasteiger partial charge on any atom is -0.469 e. The molecule has 2 atom stereocenters. The molecule has 5 heteroatoms. The van der Waals surface area contributed by atoms with Crippen LogP contribution in [0.25, 0.3) is 0 Å². The Morgan fingerprint density at radius 2 is 1.94 bits per heavy atom. The van der Waals surface area contributed by atoms with E-state index in [1.165, 1.54) is 38.3 Å². The van der Waals surface area contributed by atoms with Crippen LogP contribution in [0.2, 0.25) is 0 Å². The van der Waals surface area contributed by atoms with E-state index in [4.69, 9.17) is 0 Å². The molecule has 1 N–H and O–H groups in total. The van der Waals surface area contributed by atoms with Crippen molar-refractivity contribution < 1.29 is 23.4 Å². The maximum absolute atomic E-state index is 12.5. The molecule has 0 radical (unpaired) electrons. The van der Waals surface area contributed by atoms with Crippen LogP contribution in [0, 0.1) is 5.92 Å². The number of halogens is 2. The number of carbonyl (C=O) groups excluding carboxylic acids is 1. The van der Waals surface area contributed by atoms with Crippen LogP contribution in [0.1, 0.15) is 30.6 Å². The van der Waals surface area contributed by atoms with Gasteiger partial charge in [-0.1, -0.05) is 18.2 Å². The smallest absolute Gasteiger partial charge is 0.311 e. The van der Waals surface area contributed by atoms with E-state index in [2.05, 4.69) is 4.74 Å². The fourth-order valence-electron chi connectivity index (χ4n) is 1.48. The van der Waals surface area contributed by atoms with Crippen LogP contribution in [0.4, 0.5) is 8.78 Å². The van der Waals surface area contributed by atoms with Gasteiger partial charge in [0.05, 0.1) is 19.1 Å². The molecule has 3 nitrogen and oxygen atoms in total. The van der Waals surface area contributed by atoms with Gasteiger partial charge in [-0.3, -0.25) is 4.79 Å². The molecule has 94 valence electrons. The number of methoxy groups -OCH3 is 1. The van der Waals surface area contributed by atoms with Crippen molar-refractivity contribution in [3.63, 3.8) is 0 Å². The van der Waals surface area contributed by atoms with Crippen LogP contribution in [0.5, 0.6) is 0 Å². The van der Waals surface area contributed by atoms with Crippen LogP contribution in [0.15, 0.2) is 24.3 Å². The fourth-order valence-corrected chi connectivity index (χ4v) is 1.48. The van der Waals surface area contributed by atoms with Gasteiger partial charge >= 0.3 is 5.97 Å². The maximum Gasteiger partial charge on any atom is 0.311 e. The highest BCUT2D eigenvalue weighted by Gasteiger charge is 2.24. The Hall–Kier alpha value is -1.49. The van der Waals surface area contributed by atoms with Gasteiger partial charge < -0.3 is 9.84 Å². The van der Waals surface area contributed by atoms with Crippen LogP contribution >= 0.6 is 0 Å². The Morgan fingerprint density at radius 3 is 2.47 bits per heavy atom. The van der Waals surface area contributed by atoms with Gasteiger partial charge in [0.1, 0.15) is 0 Å². The number of aliphatic hydroxyl groups excluding tert-OH is 1. The van der Waals surface area contributed by atoms with E-state index in [0.717, 1.165) is 0 Å². The summed E-state index contributed by atoms with van der Waals surface area (Å²) in [7, 11) is 1.21. The lowest BCUT2D eigenvalue weighted by molar-refractivity contribution is -0.148. The van der Waals surface area contributed by atoms with Crippen LogP contribution < -0.4 is 0 Å². The zero-order valence-corrected chi connectivity index (χ0v) is 9.56. The molecule has 1 aromatic rings. The third kappa shape index (κ3) is 3.23. The van der Waals surface area contributed by atoms with E-state index in [0.29, 0.717) is 0 Å². The van der Waals surface area contributed by atoms with Crippen LogP contribution in [-0.2, 0) is 9.53 Å². The number of ether oxygens (including phenoxy) is 1. The van der Waals surface area contributed by atoms with Crippen LogP contribution in [-0.4, -0.2) is 18.2 Å². The number of esters is 1. The van der Waals surface area contributed by atoms with Gasteiger partial charge in [-0.25, -0.2) is 8.78 Å². The molecule has 0 saturated heterocycles. The Bertz CT molecular complexity index is 393. The van der Waals surface area contributed by atoms with Crippen molar-refractivity contribution in [3.05, 3.63) is 35.4 Å². The molecule has 0 aliphatic rings. The number of carbonyl (C=O) groups is 1. The third-order valence-electron chi connectivity index (χ3n) is 2.55. The molecule has 0 aliphatic carbocycles. The molecule has 0 bridgehead atoms. The first kappa shape index (κ1) is 13.6. The quantitative estimate of drug-likeness (QED) is 0.827. The first-order valence-corrected chi connectivity index (χ1v) is 5.11. The predicted octanol–water partition coefficient (Wildman–Crippen LogP) is 2.47. The minimum atomic E-state index is -2.60. The molecular formula is C12H14F2O3. The van der Waals surface area contributed by atoms with Gasteiger partial charge in [0.15, 0.2) is 0 Å². The van der Waals surface area contributed by atoms with Crippen molar-refractivity contribution in [1.82, 2.24) is 0 Å². The second-order valence-corrected chi connectivity index (χ2v) is 3.73. The first-order valence-electron chi connectivity index (χ1n) is 5.11. The number of hydrogen-bond acceptors (Lipinski definition) is 3. The van der Waals surface area contributed by atoms with Crippen LogP contribution in [0.3, 0.4) is 0 Å². The molecule has 0 heterocycles. The van der Waals surface area contributed by atoms with Gasteiger partial charge in [-0.05, 0) is 18.6 Å². The molecule has 0 fully saturated rings. The summed E-state index contributed by atoms with van der Waals surface area (Å²) in [5.74, 6) is -1.38. The summed E-state index contributed by atoms with van der Waals surface area (Å²) >= 11 is 0. The molecular weight excluding hydrogens is 230 g/mol. The standard InChI is InChI=1S/C12H14F2O3/c1-7(12(16)17-2)10(15)8-4-3-5-9(6-8)11(13)14/h3-7,10-11,15H,1-2H3. The summed E-state index contributed by atoms with van der Waals surface area (Å²) in [5, 5.41) is 9.85. The Morgan fingerprint density at radius 1 is 1.35 bits per heavy atom. The van der Waals surface area contributed by atoms with E-state index in [-0.39, 0.29) is 11.1 Å². The van der Waals surface area contributed by atoms with E-state index in [9.17, 15) is 18.7 Å². The number of aliphatic hydroxyl groups is 1. The number of benzene rings is 1. The number of rotatable bonds is 4. The van der Waals surface area contributed by atoms with Crippen molar-refractivity contribution in [2.45, 2.75) is 19.5 Å². The third-order valence-corrected chi connectivity index (χ3v) is 2.55. The Kier molecular flexibility index (Phi) is 4.57. The summed E-state index contributed by atoms with van der Waals surface area (Å²) in [6.07, 6.45) is -3.75. The molecule has 0 saturated carbocycles. The lowest BCUT2D eigenvalue weighted by atomic mass is 9.96. The monoisotopic (exact) mass is 244 g/mol. The summed E-state index contributed by atoms with van der Waals surface area (Å²) in [4.78, 5) is 11.2. The highest BCUT2D eigenvalue weighted by molar-refractivity contribution is 5.72. The SMILES string of the molecule is COC(=O)C(C)C(O)c1cccc(C(F)F)c1. The lowest BCUT2D eigenvalue weighted by Gasteiger charge is -2.17. The molecule has 0 aliphatic heterocycles. The molecule has 0 spiro atoms. The molecule has 0 amide bonds. The van der Waals surface area contributed by atoms with E-state index >= 15 is 0 Å². The number of hydrogen-bond donors (Lipinski definition) is 1. The van der Waals surface area contributed by atoms with Crippen molar-refractivity contribution in [3.8, 4) is 0 Å². The van der Waals surface area contributed by atoms with E-state index in [1.807, 2.05) is 0 Å². The Balaban J connectivity index is 2.92. The molecule has 2 unspecified atom stereocenters. The van der Waals surface area contributed by atoms with Crippen molar-refractivity contribution >= 4 is 5.97 Å². The van der Waals surface area contributed by atoms with Gasteiger partial charge in [0.25, 0.3) is 6.43 Å². The van der Waals surface area contributed by atoms with Gasteiger partial charge in [0.2, 0.25) is 0 Å². The average Bonchev–Trinajstić information content (AvgIpc) is 2.36. The second kappa shape index (κ2) is 5.72. The predicted molar refractivity (Wildman–Crippen MR) is 57.5 cm³/mol. The number of alkyl halides is 2. The minimum absolute atomic E-state index is 0.182. The topological polar surface area (TPSA) is 46.5 Å². The fraction of sp³-hybridized carbons (Fsp3) is 0.417. The van der Waals surface area contributed by atoms with Crippen molar-refractivity contribution in [1.29, 1.82) is 0 Å². The highest BCUT2D eigenvalue weighted by Crippen LogP contribution is 2.26. The zero-order chi connectivity index (χ0) is 13.0. The summed E-state index contributed by atoms with van der Waals surface area (Å²) in [6.45, 7) is 1.48. The van der Waals surface area contributed by atoms with Gasteiger partial charge in [-0.2, -0.15) is 0 Å². The molecule has 17 heavy (non-hydrogen) atoms. The summed E-state index contributed by atoms with van der Waals surface area (Å²) < 4.78 is 29.4. The van der Waals surface area contributed by atoms with E-state index in [1.54, 1.807) is 0 Å². The Labute approximate surface area is 98.0 Å². The van der Waals surface area contributed by atoms with Gasteiger partial charge in [-0.15, -0.1) is 0 Å². The van der Waals surface area contributed by atoms with E-state index < -0.39 is 24.4 Å². The lowest BCUT2D eigenvalue weighted by Crippen LogP contribution is -2.20. The summed E-state index contributed by atoms with van der Waals surface area (Å²) in [5.41, 5.74) is 0.0966. The summed E-state index contributed by atoms with van der Waals surface area (Å²) in [6, 6.07) is 5.37. The maximum atomic E-state index is 12.5. The molecule has 1 aromatic carbocycles. The first-order chi connectivity index (χ1) is 7.97. The van der Waals surface area contributed by atoms with Gasteiger partial charge in [0, 0.05) is 5.56 Å².